The van der Waals surface area contributed by atoms with Crippen molar-refractivity contribution in [1.82, 2.24) is 10.2 Å². The van der Waals surface area contributed by atoms with Crippen molar-refractivity contribution in [3.05, 3.63) is 35.9 Å². The molecule has 0 spiro atoms. The van der Waals surface area contributed by atoms with Gasteiger partial charge in [0.2, 0.25) is 11.8 Å². The van der Waals surface area contributed by atoms with E-state index in [9.17, 15) is 9.59 Å². The number of nitrogens with two attached hydrogens (primary N) is 1. The van der Waals surface area contributed by atoms with Crippen LogP contribution in [0.5, 0.6) is 0 Å². The van der Waals surface area contributed by atoms with E-state index in [1.807, 2.05) is 51.1 Å². The van der Waals surface area contributed by atoms with Gasteiger partial charge in [0, 0.05) is 31.5 Å². The zero-order valence-electron chi connectivity index (χ0n) is 16.2. The maximum atomic E-state index is 12.8. The Balaban J connectivity index is 0.00000261. The molecule has 3 rings (SSSR count). The van der Waals surface area contributed by atoms with E-state index < -0.39 is 17.0 Å². The Kier molecular flexibility index (Phi) is 6.55. The highest BCUT2D eigenvalue weighted by molar-refractivity contribution is 5.94. The van der Waals surface area contributed by atoms with E-state index in [4.69, 9.17) is 10.5 Å². The summed E-state index contributed by atoms with van der Waals surface area (Å²) in [6.45, 7) is 7.65. The van der Waals surface area contributed by atoms with Crippen molar-refractivity contribution in [3.8, 4) is 0 Å². The first-order chi connectivity index (χ1) is 12.3. The summed E-state index contributed by atoms with van der Waals surface area (Å²) in [5, 5.41) is 2.89. The summed E-state index contributed by atoms with van der Waals surface area (Å²) in [7, 11) is 0. The standard InChI is InChI=1S/C20H29N3O3.ClH/c1-4-26-16-12-20(21,19(16,2)3)18(25)22-15-10-11-23(17(15)24)13-14-8-6-5-7-9-14;/h5-9,15-16H,4,10-13,21H2,1-3H3,(H,22,25);1H. The molecule has 0 aromatic heterocycles. The summed E-state index contributed by atoms with van der Waals surface area (Å²) >= 11 is 0. The lowest BCUT2D eigenvalue weighted by Crippen LogP contribution is -2.76. The predicted octanol–water partition coefficient (Wildman–Crippen LogP) is 1.86. The number of carbonyl (C=O) groups excluding carboxylic acids is 2. The summed E-state index contributed by atoms with van der Waals surface area (Å²) < 4.78 is 5.68. The lowest BCUT2D eigenvalue weighted by atomic mass is 9.54. The minimum atomic E-state index is -1.00. The number of amides is 2. The molecule has 1 aliphatic carbocycles. The van der Waals surface area contributed by atoms with E-state index >= 15 is 0 Å². The number of likely N-dealkylation sites (tertiary alicyclic amines) is 1. The van der Waals surface area contributed by atoms with Crippen LogP contribution >= 0.6 is 12.4 Å². The third-order valence-corrected chi connectivity index (χ3v) is 6.05. The lowest BCUT2D eigenvalue weighted by Gasteiger charge is -2.57. The van der Waals surface area contributed by atoms with Crippen LogP contribution in [0.2, 0.25) is 0 Å². The molecule has 150 valence electrons. The van der Waals surface area contributed by atoms with E-state index in [1.165, 1.54) is 0 Å². The van der Waals surface area contributed by atoms with Crippen molar-refractivity contribution in [2.45, 2.75) is 57.8 Å². The second-order valence-corrected chi connectivity index (χ2v) is 7.90. The molecule has 0 bridgehead atoms. The fourth-order valence-corrected chi connectivity index (χ4v) is 3.94. The number of nitrogens with one attached hydrogen (secondary N) is 1. The van der Waals surface area contributed by atoms with E-state index in [1.54, 1.807) is 4.90 Å². The maximum Gasteiger partial charge on any atom is 0.245 e. The second-order valence-electron chi connectivity index (χ2n) is 7.90. The average Bonchev–Trinajstić information content (AvgIpc) is 2.95. The topological polar surface area (TPSA) is 84.7 Å². The third kappa shape index (κ3) is 3.84. The molecule has 2 fully saturated rings. The largest absolute Gasteiger partial charge is 0.378 e. The summed E-state index contributed by atoms with van der Waals surface area (Å²) in [6.07, 6.45) is 1.06. The van der Waals surface area contributed by atoms with Gasteiger partial charge >= 0.3 is 0 Å². The Hall–Kier alpha value is -1.63. The number of ether oxygens (including phenoxy) is 1. The molecular formula is C20H30ClN3O3. The molecule has 2 aliphatic rings. The van der Waals surface area contributed by atoms with Crippen molar-refractivity contribution in [1.29, 1.82) is 0 Å². The van der Waals surface area contributed by atoms with Crippen LogP contribution in [0.1, 0.15) is 39.2 Å². The molecule has 27 heavy (non-hydrogen) atoms. The van der Waals surface area contributed by atoms with Gasteiger partial charge in [0.15, 0.2) is 0 Å². The molecule has 2 amide bonds. The molecule has 3 N–H and O–H groups in total. The first-order valence-corrected chi connectivity index (χ1v) is 9.33. The predicted molar refractivity (Wildman–Crippen MR) is 106 cm³/mol. The van der Waals surface area contributed by atoms with Crippen molar-refractivity contribution in [2.24, 2.45) is 11.1 Å². The molecule has 1 saturated heterocycles. The van der Waals surface area contributed by atoms with Crippen LogP contribution in [-0.4, -0.2) is 47.6 Å². The van der Waals surface area contributed by atoms with E-state index in [2.05, 4.69) is 5.32 Å². The SMILES string of the molecule is CCOC1CC(N)(C(=O)NC2CCN(Cc3ccccc3)C2=O)C1(C)C.Cl. The number of hydrogen-bond donors (Lipinski definition) is 2. The maximum absolute atomic E-state index is 12.8. The Bertz CT molecular complexity index is 682. The number of hydrogen-bond acceptors (Lipinski definition) is 4. The molecule has 1 aromatic rings. The smallest absolute Gasteiger partial charge is 0.245 e. The molecule has 1 aliphatic heterocycles. The Morgan fingerprint density at radius 2 is 2.00 bits per heavy atom. The number of halogens is 1. The molecule has 3 atom stereocenters. The molecular weight excluding hydrogens is 366 g/mol. The van der Waals surface area contributed by atoms with Gasteiger partial charge in [0.25, 0.3) is 0 Å². The quantitative estimate of drug-likeness (QED) is 0.769. The number of benzene rings is 1. The molecule has 3 unspecified atom stereocenters. The monoisotopic (exact) mass is 395 g/mol. The molecule has 1 heterocycles. The van der Waals surface area contributed by atoms with Crippen LogP contribution < -0.4 is 11.1 Å². The van der Waals surface area contributed by atoms with Crippen LogP contribution in [-0.2, 0) is 20.9 Å². The van der Waals surface area contributed by atoms with Gasteiger partial charge in [-0.3, -0.25) is 9.59 Å². The van der Waals surface area contributed by atoms with E-state index in [0.717, 1.165) is 5.56 Å². The minimum absolute atomic E-state index is 0. The molecule has 1 aromatic carbocycles. The van der Waals surface area contributed by atoms with E-state index in [-0.39, 0.29) is 30.3 Å². The van der Waals surface area contributed by atoms with E-state index in [0.29, 0.717) is 32.5 Å². The lowest BCUT2D eigenvalue weighted by molar-refractivity contribution is -0.171. The van der Waals surface area contributed by atoms with Gasteiger partial charge in [-0.25, -0.2) is 0 Å². The van der Waals surface area contributed by atoms with Crippen molar-refractivity contribution < 1.29 is 14.3 Å². The van der Waals surface area contributed by atoms with Gasteiger partial charge in [-0.15, -0.1) is 12.4 Å². The van der Waals surface area contributed by atoms with Gasteiger partial charge in [-0.05, 0) is 18.9 Å². The summed E-state index contributed by atoms with van der Waals surface area (Å²) in [5.41, 5.74) is 6.04. The average molecular weight is 396 g/mol. The zero-order valence-corrected chi connectivity index (χ0v) is 17.1. The van der Waals surface area contributed by atoms with Crippen LogP contribution in [0.15, 0.2) is 30.3 Å². The highest BCUT2D eigenvalue weighted by Gasteiger charge is 2.63. The van der Waals surface area contributed by atoms with Crippen LogP contribution in [0.4, 0.5) is 0 Å². The highest BCUT2D eigenvalue weighted by Crippen LogP contribution is 2.49. The zero-order chi connectivity index (χ0) is 18.9. The van der Waals surface area contributed by atoms with Crippen molar-refractivity contribution >= 4 is 24.2 Å². The number of carbonyl (C=O) groups is 2. The normalized spacial score (nSPS) is 29.0. The Morgan fingerprint density at radius 3 is 2.59 bits per heavy atom. The number of nitrogens with zero attached hydrogens (tertiary/aromatic N) is 1. The van der Waals surface area contributed by atoms with Crippen LogP contribution in [0.3, 0.4) is 0 Å². The first kappa shape index (κ1) is 21.7. The minimum Gasteiger partial charge on any atom is -0.378 e. The van der Waals surface area contributed by atoms with Crippen LogP contribution in [0.25, 0.3) is 0 Å². The Morgan fingerprint density at radius 1 is 1.33 bits per heavy atom. The van der Waals surface area contributed by atoms with Gasteiger partial charge in [-0.1, -0.05) is 44.2 Å². The van der Waals surface area contributed by atoms with Gasteiger partial charge in [0.1, 0.15) is 11.6 Å². The molecule has 7 heteroatoms. The van der Waals surface area contributed by atoms with Gasteiger partial charge in [0.05, 0.1) is 6.10 Å². The fourth-order valence-electron chi connectivity index (χ4n) is 3.94. The van der Waals surface area contributed by atoms with Gasteiger partial charge < -0.3 is 20.7 Å². The number of rotatable bonds is 6. The Labute approximate surface area is 167 Å². The fraction of sp³-hybridized carbons (Fsp3) is 0.600. The highest BCUT2D eigenvalue weighted by atomic mass is 35.5. The summed E-state index contributed by atoms with van der Waals surface area (Å²) in [5.74, 6) is -0.289. The molecule has 1 saturated carbocycles. The summed E-state index contributed by atoms with van der Waals surface area (Å²) in [6, 6.07) is 9.38. The van der Waals surface area contributed by atoms with Crippen LogP contribution in [0, 0.1) is 5.41 Å². The van der Waals surface area contributed by atoms with Crippen molar-refractivity contribution in [2.75, 3.05) is 13.2 Å². The van der Waals surface area contributed by atoms with Crippen molar-refractivity contribution in [3.63, 3.8) is 0 Å². The second kappa shape index (κ2) is 8.17. The summed E-state index contributed by atoms with van der Waals surface area (Å²) in [4.78, 5) is 27.3. The molecule has 6 nitrogen and oxygen atoms in total. The third-order valence-electron chi connectivity index (χ3n) is 6.05. The van der Waals surface area contributed by atoms with Gasteiger partial charge in [-0.2, -0.15) is 0 Å². The molecule has 0 radical (unpaired) electrons. The first-order valence-electron chi connectivity index (χ1n) is 9.33.